The van der Waals surface area contributed by atoms with Crippen molar-refractivity contribution in [1.82, 2.24) is 4.98 Å². The SMILES string of the molecule is CC(C)c1cc(=O)[nH]c2cc(NC(=O)c3ccc4c(c3)OCO4)ccc12. The molecule has 4 rings (SSSR count). The van der Waals surface area contributed by atoms with Gasteiger partial charge < -0.3 is 19.8 Å². The van der Waals surface area contributed by atoms with E-state index >= 15 is 0 Å². The van der Waals surface area contributed by atoms with Gasteiger partial charge in [-0.2, -0.15) is 0 Å². The lowest BCUT2D eigenvalue weighted by Gasteiger charge is -2.11. The molecular formula is C20H18N2O4. The molecule has 1 aromatic heterocycles. The van der Waals surface area contributed by atoms with Gasteiger partial charge in [0.25, 0.3) is 5.91 Å². The molecule has 0 atom stereocenters. The zero-order chi connectivity index (χ0) is 18.3. The van der Waals surface area contributed by atoms with E-state index < -0.39 is 0 Å². The number of aromatic nitrogens is 1. The normalized spacial score (nSPS) is 12.6. The first-order valence-corrected chi connectivity index (χ1v) is 8.39. The minimum absolute atomic E-state index is 0.152. The quantitative estimate of drug-likeness (QED) is 0.756. The lowest BCUT2D eigenvalue weighted by Crippen LogP contribution is -2.12. The summed E-state index contributed by atoms with van der Waals surface area (Å²) in [5, 5.41) is 3.83. The third-order valence-electron chi connectivity index (χ3n) is 4.39. The van der Waals surface area contributed by atoms with Crippen molar-refractivity contribution in [2.75, 3.05) is 12.1 Å². The van der Waals surface area contributed by atoms with E-state index in [0.29, 0.717) is 28.3 Å². The molecule has 0 bridgehead atoms. The van der Waals surface area contributed by atoms with Crippen molar-refractivity contribution in [2.24, 2.45) is 0 Å². The van der Waals surface area contributed by atoms with Gasteiger partial charge in [0.05, 0.1) is 5.52 Å². The Bertz CT molecular complexity index is 1070. The smallest absolute Gasteiger partial charge is 0.255 e. The fraction of sp³-hybridized carbons (Fsp3) is 0.200. The van der Waals surface area contributed by atoms with Gasteiger partial charge in [0.2, 0.25) is 12.4 Å². The van der Waals surface area contributed by atoms with E-state index in [9.17, 15) is 9.59 Å². The number of anilines is 1. The summed E-state index contributed by atoms with van der Waals surface area (Å²) in [5.74, 6) is 1.16. The molecule has 0 fully saturated rings. The number of aromatic amines is 1. The van der Waals surface area contributed by atoms with E-state index in [1.807, 2.05) is 26.0 Å². The van der Waals surface area contributed by atoms with Crippen LogP contribution in [0.4, 0.5) is 5.69 Å². The third kappa shape index (κ3) is 2.90. The molecule has 0 unspecified atom stereocenters. The van der Waals surface area contributed by atoms with Crippen LogP contribution >= 0.6 is 0 Å². The number of ether oxygens (including phenoxy) is 2. The standard InChI is InChI=1S/C20H18N2O4/c1-11(2)15-9-19(23)22-16-8-13(4-5-14(15)16)21-20(24)12-3-6-17-18(7-12)26-10-25-17/h3-9,11H,10H2,1-2H3,(H,21,24)(H,22,23). The number of H-pyrrole nitrogens is 1. The average molecular weight is 350 g/mol. The fourth-order valence-corrected chi connectivity index (χ4v) is 3.08. The van der Waals surface area contributed by atoms with Crippen LogP contribution in [0.3, 0.4) is 0 Å². The summed E-state index contributed by atoms with van der Waals surface area (Å²) in [6.45, 7) is 4.25. The Morgan fingerprint density at radius 2 is 1.88 bits per heavy atom. The van der Waals surface area contributed by atoms with Crippen molar-refractivity contribution in [1.29, 1.82) is 0 Å². The molecule has 3 aromatic rings. The predicted octanol–water partition coefficient (Wildman–Crippen LogP) is 3.63. The number of nitrogens with one attached hydrogen (secondary N) is 2. The van der Waals surface area contributed by atoms with Gasteiger partial charge in [-0.1, -0.05) is 19.9 Å². The van der Waals surface area contributed by atoms with Crippen LogP contribution in [0.1, 0.15) is 35.7 Å². The highest BCUT2D eigenvalue weighted by molar-refractivity contribution is 6.05. The summed E-state index contributed by atoms with van der Waals surface area (Å²) in [6, 6.07) is 12.2. The Labute approximate surface area is 149 Å². The van der Waals surface area contributed by atoms with Gasteiger partial charge in [0, 0.05) is 22.7 Å². The third-order valence-corrected chi connectivity index (χ3v) is 4.39. The van der Waals surface area contributed by atoms with Gasteiger partial charge in [-0.25, -0.2) is 0 Å². The lowest BCUT2D eigenvalue weighted by molar-refractivity contribution is 0.102. The van der Waals surface area contributed by atoms with Crippen LogP contribution in [0.15, 0.2) is 47.3 Å². The monoisotopic (exact) mass is 350 g/mol. The van der Waals surface area contributed by atoms with E-state index in [4.69, 9.17) is 9.47 Å². The maximum absolute atomic E-state index is 12.5. The Balaban J connectivity index is 1.65. The van der Waals surface area contributed by atoms with E-state index in [1.54, 1.807) is 30.3 Å². The predicted molar refractivity (Wildman–Crippen MR) is 99.2 cm³/mol. The van der Waals surface area contributed by atoms with Gasteiger partial charge in [-0.05, 0) is 41.8 Å². The zero-order valence-electron chi connectivity index (χ0n) is 14.5. The highest BCUT2D eigenvalue weighted by Crippen LogP contribution is 2.32. The van der Waals surface area contributed by atoms with E-state index in [1.165, 1.54) is 0 Å². The second-order valence-electron chi connectivity index (χ2n) is 6.53. The van der Waals surface area contributed by atoms with Gasteiger partial charge in [-0.15, -0.1) is 0 Å². The maximum Gasteiger partial charge on any atom is 0.255 e. The Hall–Kier alpha value is -3.28. The minimum atomic E-state index is -0.259. The zero-order valence-corrected chi connectivity index (χ0v) is 14.5. The Kier molecular flexibility index (Phi) is 3.88. The summed E-state index contributed by atoms with van der Waals surface area (Å²) in [7, 11) is 0. The summed E-state index contributed by atoms with van der Waals surface area (Å²) >= 11 is 0. The number of benzene rings is 2. The van der Waals surface area contributed by atoms with Gasteiger partial charge in [0.1, 0.15) is 0 Å². The molecule has 2 heterocycles. The van der Waals surface area contributed by atoms with Crippen molar-refractivity contribution in [2.45, 2.75) is 19.8 Å². The topological polar surface area (TPSA) is 80.4 Å². The van der Waals surface area contributed by atoms with Crippen LogP contribution in [-0.2, 0) is 0 Å². The second-order valence-corrected chi connectivity index (χ2v) is 6.53. The summed E-state index contributed by atoms with van der Waals surface area (Å²) < 4.78 is 10.6. The second kappa shape index (κ2) is 6.22. The molecule has 0 radical (unpaired) electrons. The van der Waals surface area contributed by atoms with E-state index in [-0.39, 0.29) is 24.2 Å². The maximum atomic E-state index is 12.5. The van der Waals surface area contributed by atoms with Crippen molar-refractivity contribution in [3.63, 3.8) is 0 Å². The van der Waals surface area contributed by atoms with Gasteiger partial charge in [-0.3, -0.25) is 9.59 Å². The molecule has 132 valence electrons. The first kappa shape index (κ1) is 16.2. The lowest BCUT2D eigenvalue weighted by atomic mass is 9.99. The number of hydrogen-bond donors (Lipinski definition) is 2. The molecule has 1 aliphatic rings. The van der Waals surface area contributed by atoms with Crippen LogP contribution in [-0.4, -0.2) is 17.7 Å². The largest absolute Gasteiger partial charge is 0.454 e. The summed E-state index contributed by atoms with van der Waals surface area (Å²) in [5.41, 5.74) is 2.61. The molecule has 2 N–H and O–H groups in total. The fourth-order valence-electron chi connectivity index (χ4n) is 3.08. The van der Waals surface area contributed by atoms with Crippen LogP contribution in [0.2, 0.25) is 0 Å². The van der Waals surface area contributed by atoms with Crippen LogP contribution in [0, 0.1) is 0 Å². The van der Waals surface area contributed by atoms with Crippen LogP contribution in [0.5, 0.6) is 11.5 Å². The van der Waals surface area contributed by atoms with Crippen LogP contribution < -0.4 is 20.3 Å². The number of amides is 1. The number of pyridine rings is 1. The molecule has 26 heavy (non-hydrogen) atoms. The molecule has 0 saturated carbocycles. The first-order valence-electron chi connectivity index (χ1n) is 8.39. The first-order chi connectivity index (χ1) is 12.5. The van der Waals surface area contributed by atoms with E-state index in [2.05, 4.69) is 10.3 Å². The highest BCUT2D eigenvalue weighted by atomic mass is 16.7. The van der Waals surface area contributed by atoms with Gasteiger partial charge >= 0.3 is 0 Å². The summed E-state index contributed by atoms with van der Waals surface area (Å²) in [6.07, 6.45) is 0. The van der Waals surface area contributed by atoms with Crippen LogP contribution in [0.25, 0.3) is 10.9 Å². The highest BCUT2D eigenvalue weighted by Gasteiger charge is 2.16. The molecule has 6 heteroatoms. The van der Waals surface area contributed by atoms with Crippen molar-refractivity contribution in [3.8, 4) is 11.5 Å². The molecule has 1 amide bonds. The Morgan fingerprint density at radius 3 is 2.69 bits per heavy atom. The minimum Gasteiger partial charge on any atom is -0.454 e. The number of carbonyl (C=O) groups is 1. The Morgan fingerprint density at radius 1 is 1.08 bits per heavy atom. The molecular weight excluding hydrogens is 332 g/mol. The van der Waals surface area contributed by atoms with Gasteiger partial charge in [0.15, 0.2) is 11.5 Å². The van der Waals surface area contributed by atoms with Crippen molar-refractivity contribution in [3.05, 3.63) is 63.9 Å². The molecule has 0 saturated heterocycles. The van der Waals surface area contributed by atoms with Crippen molar-refractivity contribution >= 4 is 22.5 Å². The molecule has 6 nitrogen and oxygen atoms in total. The molecule has 1 aliphatic heterocycles. The number of fused-ring (bicyclic) bond motifs is 2. The summed E-state index contributed by atoms with van der Waals surface area (Å²) in [4.78, 5) is 27.2. The molecule has 0 spiro atoms. The number of hydrogen-bond acceptors (Lipinski definition) is 4. The van der Waals surface area contributed by atoms with E-state index in [0.717, 1.165) is 10.9 Å². The number of rotatable bonds is 3. The molecule has 0 aliphatic carbocycles. The number of carbonyl (C=O) groups excluding carboxylic acids is 1. The molecule has 2 aromatic carbocycles. The van der Waals surface area contributed by atoms with Crippen molar-refractivity contribution < 1.29 is 14.3 Å². The average Bonchev–Trinajstić information content (AvgIpc) is 3.08.